The quantitative estimate of drug-likeness (QED) is 0.433. The Balaban J connectivity index is 2.08. The van der Waals surface area contributed by atoms with Crippen molar-refractivity contribution in [2.75, 3.05) is 26.3 Å². The Labute approximate surface area is 158 Å². The van der Waals surface area contributed by atoms with Gasteiger partial charge in [0.1, 0.15) is 24.4 Å². The number of amides is 1. The zero-order valence-corrected chi connectivity index (χ0v) is 15.3. The fourth-order valence-electron chi connectivity index (χ4n) is 2.99. The monoisotopic (exact) mass is 383 g/mol. The number of aromatic nitrogens is 2. The van der Waals surface area contributed by atoms with Gasteiger partial charge in [0.15, 0.2) is 0 Å². The number of rotatable bonds is 4. The normalized spacial score (nSPS) is 27.1. The summed E-state index contributed by atoms with van der Waals surface area (Å²) in [5.41, 5.74) is 0.679. The largest absolute Gasteiger partial charge is 0.394 e. The van der Waals surface area contributed by atoms with Crippen molar-refractivity contribution in [2.24, 2.45) is 0 Å². The van der Waals surface area contributed by atoms with Crippen molar-refractivity contribution in [3.63, 3.8) is 0 Å². The molecule has 1 amide bonds. The lowest BCUT2D eigenvalue weighted by Gasteiger charge is -2.33. The maximum absolute atomic E-state index is 12.5. The van der Waals surface area contributed by atoms with Crippen molar-refractivity contribution in [3.8, 4) is 0 Å². The molecule has 4 atom stereocenters. The Bertz CT molecular complexity index is 580. The summed E-state index contributed by atoms with van der Waals surface area (Å²) < 4.78 is 5.49. The van der Waals surface area contributed by atoms with Gasteiger partial charge in [0.25, 0.3) is 0 Å². The zero-order chi connectivity index (χ0) is 19.6. The Morgan fingerprint density at radius 3 is 2.85 bits per heavy atom. The fourth-order valence-corrected chi connectivity index (χ4v) is 2.99. The Hall–Kier alpha value is -1.78. The highest BCUT2D eigenvalue weighted by Crippen LogP contribution is 2.15. The molecular formula is C18H29N3O6. The molecule has 9 nitrogen and oxygen atoms in total. The average molecular weight is 383 g/mol. The van der Waals surface area contributed by atoms with Crippen molar-refractivity contribution in [1.82, 2.24) is 14.9 Å². The highest BCUT2D eigenvalue weighted by atomic mass is 16.5. The first-order chi connectivity index (χ1) is 13.0. The van der Waals surface area contributed by atoms with Crippen LogP contribution in [0.4, 0.5) is 0 Å². The number of nitrogens with one attached hydrogen (secondary N) is 1. The van der Waals surface area contributed by atoms with Crippen LogP contribution in [0.15, 0.2) is 18.6 Å². The number of imidazole rings is 1. The van der Waals surface area contributed by atoms with Crippen LogP contribution in [-0.4, -0.2) is 91.9 Å². The van der Waals surface area contributed by atoms with Crippen molar-refractivity contribution in [3.05, 3.63) is 24.3 Å². The van der Waals surface area contributed by atoms with Crippen LogP contribution in [0, 0.1) is 0 Å². The maximum atomic E-state index is 12.5. The van der Waals surface area contributed by atoms with Gasteiger partial charge in [0, 0.05) is 25.8 Å². The van der Waals surface area contributed by atoms with Gasteiger partial charge in [-0.25, -0.2) is 4.98 Å². The number of ether oxygens (including phenoxy) is 1. The minimum absolute atomic E-state index is 0.106. The highest BCUT2D eigenvalue weighted by Gasteiger charge is 2.34. The van der Waals surface area contributed by atoms with Gasteiger partial charge in [-0.3, -0.25) is 4.79 Å². The third kappa shape index (κ3) is 6.71. The molecule has 27 heavy (non-hydrogen) atoms. The van der Waals surface area contributed by atoms with E-state index in [9.17, 15) is 25.2 Å². The molecule has 0 bridgehead atoms. The van der Waals surface area contributed by atoms with E-state index in [-0.39, 0.29) is 12.5 Å². The second-order valence-electron chi connectivity index (χ2n) is 6.68. The van der Waals surface area contributed by atoms with E-state index in [0.29, 0.717) is 18.8 Å². The lowest BCUT2D eigenvalue weighted by atomic mass is 10.0. The van der Waals surface area contributed by atoms with E-state index < -0.39 is 31.0 Å². The molecule has 1 aromatic rings. The number of carbonyl (C=O) groups excluding carboxylic acids is 1. The first-order valence-electron chi connectivity index (χ1n) is 9.25. The second kappa shape index (κ2) is 11.2. The summed E-state index contributed by atoms with van der Waals surface area (Å²) in [6, 6.07) is 0. The number of hydrogen-bond donors (Lipinski definition) is 5. The van der Waals surface area contributed by atoms with Crippen LogP contribution in [0.1, 0.15) is 31.4 Å². The van der Waals surface area contributed by atoms with E-state index in [0.717, 1.165) is 25.7 Å². The number of aliphatic hydroxyl groups excluding tert-OH is 4. The van der Waals surface area contributed by atoms with E-state index >= 15 is 0 Å². The first-order valence-corrected chi connectivity index (χ1v) is 9.25. The minimum atomic E-state index is -1.43. The van der Waals surface area contributed by atoms with Crippen LogP contribution < -0.4 is 0 Å². The molecule has 0 aliphatic carbocycles. The van der Waals surface area contributed by atoms with Gasteiger partial charge in [0.05, 0.1) is 24.8 Å². The molecule has 0 spiro atoms. The predicted molar refractivity (Wildman–Crippen MR) is 97.5 cm³/mol. The van der Waals surface area contributed by atoms with E-state index in [1.807, 2.05) is 0 Å². The van der Waals surface area contributed by atoms with Gasteiger partial charge in [-0.15, -0.1) is 0 Å². The Morgan fingerprint density at radius 2 is 2.15 bits per heavy atom. The van der Waals surface area contributed by atoms with Gasteiger partial charge in [0.2, 0.25) is 5.91 Å². The summed E-state index contributed by atoms with van der Waals surface area (Å²) in [7, 11) is 0. The maximum Gasteiger partial charge on any atom is 0.246 e. The molecule has 2 rings (SSSR count). The number of aromatic amines is 1. The molecule has 0 unspecified atom stereocenters. The third-order valence-electron chi connectivity index (χ3n) is 4.57. The van der Waals surface area contributed by atoms with Crippen LogP contribution in [0.25, 0.3) is 6.08 Å². The number of hydrogen-bond acceptors (Lipinski definition) is 7. The molecule has 1 aliphatic heterocycles. The third-order valence-corrected chi connectivity index (χ3v) is 4.57. The zero-order valence-electron chi connectivity index (χ0n) is 15.3. The Kier molecular flexibility index (Phi) is 8.89. The number of carbonyl (C=O) groups is 1. The summed E-state index contributed by atoms with van der Waals surface area (Å²) in [5.74, 6) is -0.298. The summed E-state index contributed by atoms with van der Waals surface area (Å²) in [6.07, 6.45) is 4.15. The average Bonchev–Trinajstić information content (AvgIpc) is 3.18. The standard InChI is InChI=1S/C18H29N3O6/c22-11-15(24)18-17(26)14(23)10-21(7-3-1-2-4-8-27-18)16(25)6-5-13-9-19-12-20-13/h5-6,9,12,14-15,17-18,22-24,26H,1-4,7-8,10-11H2,(H,19,20)/b6-5+/t14-,15-,17-,18-/m1/s1. The van der Waals surface area contributed by atoms with E-state index in [4.69, 9.17) is 4.74 Å². The first kappa shape index (κ1) is 21.5. The molecular weight excluding hydrogens is 354 g/mol. The number of nitrogens with zero attached hydrogens (tertiary/aromatic N) is 2. The summed E-state index contributed by atoms with van der Waals surface area (Å²) in [4.78, 5) is 20.7. The van der Waals surface area contributed by atoms with E-state index in [1.165, 1.54) is 17.3 Å². The molecule has 0 saturated carbocycles. The topological polar surface area (TPSA) is 139 Å². The van der Waals surface area contributed by atoms with Crippen molar-refractivity contribution in [2.45, 2.75) is 50.1 Å². The Morgan fingerprint density at radius 1 is 1.37 bits per heavy atom. The van der Waals surface area contributed by atoms with Gasteiger partial charge < -0.3 is 35.0 Å². The van der Waals surface area contributed by atoms with Gasteiger partial charge >= 0.3 is 0 Å². The molecule has 0 aromatic carbocycles. The molecule has 1 aliphatic rings. The molecule has 1 saturated heterocycles. The predicted octanol–water partition coefficient (Wildman–Crippen LogP) is -0.714. The molecule has 5 N–H and O–H groups in total. The summed E-state index contributed by atoms with van der Waals surface area (Å²) in [5, 5.41) is 39.8. The van der Waals surface area contributed by atoms with Crippen molar-refractivity contribution < 1.29 is 30.0 Å². The highest BCUT2D eigenvalue weighted by molar-refractivity contribution is 5.91. The second-order valence-corrected chi connectivity index (χ2v) is 6.68. The molecule has 0 radical (unpaired) electrons. The van der Waals surface area contributed by atoms with Gasteiger partial charge in [-0.05, 0) is 18.9 Å². The minimum Gasteiger partial charge on any atom is -0.394 e. The summed E-state index contributed by atoms with van der Waals surface area (Å²) >= 11 is 0. The van der Waals surface area contributed by atoms with Crippen molar-refractivity contribution >= 4 is 12.0 Å². The lowest BCUT2D eigenvalue weighted by molar-refractivity contribution is -0.150. The number of H-pyrrole nitrogens is 1. The van der Waals surface area contributed by atoms with Crippen LogP contribution in [0.2, 0.25) is 0 Å². The number of β-amino-alcohol motifs (C(OH)–C–C–N with tert-alkyl or cyclic N) is 1. The van der Waals surface area contributed by atoms with E-state index in [1.54, 1.807) is 12.3 Å². The van der Waals surface area contributed by atoms with Crippen LogP contribution in [-0.2, 0) is 9.53 Å². The fraction of sp³-hybridized carbons (Fsp3) is 0.667. The van der Waals surface area contributed by atoms with Crippen LogP contribution in [0.3, 0.4) is 0 Å². The molecule has 152 valence electrons. The summed E-state index contributed by atoms with van der Waals surface area (Å²) in [6.45, 7) is 0.0699. The van der Waals surface area contributed by atoms with E-state index in [2.05, 4.69) is 9.97 Å². The lowest BCUT2D eigenvalue weighted by Crippen LogP contribution is -2.52. The van der Waals surface area contributed by atoms with Crippen LogP contribution in [0.5, 0.6) is 0 Å². The molecule has 1 aromatic heterocycles. The van der Waals surface area contributed by atoms with Crippen molar-refractivity contribution in [1.29, 1.82) is 0 Å². The van der Waals surface area contributed by atoms with Crippen LogP contribution >= 0.6 is 0 Å². The smallest absolute Gasteiger partial charge is 0.246 e. The molecule has 2 heterocycles. The molecule has 1 fully saturated rings. The molecule has 9 heteroatoms. The SMILES string of the molecule is O=C(/C=C/c1cnc[nH]1)N1CCCCCCO[C@H]([C@H](O)CO)[C@H](O)[C@H](O)C1. The number of aliphatic hydroxyl groups is 4. The van der Waals surface area contributed by atoms with Gasteiger partial charge in [-0.1, -0.05) is 12.8 Å². The van der Waals surface area contributed by atoms with Gasteiger partial charge in [-0.2, -0.15) is 0 Å².